The third-order valence-corrected chi connectivity index (χ3v) is 5.67. The van der Waals surface area contributed by atoms with E-state index in [9.17, 15) is 20.3 Å². The van der Waals surface area contributed by atoms with Crippen molar-refractivity contribution in [2.24, 2.45) is 0 Å². The molecule has 3 aromatic carbocycles. The zero-order valence-electron chi connectivity index (χ0n) is 18.9. The van der Waals surface area contributed by atoms with Gasteiger partial charge in [-0.25, -0.2) is 0 Å². The van der Waals surface area contributed by atoms with E-state index < -0.39 is 42.2 Å². The van der Waals surface area contributed by atoms with Crippen LogP contribution in [0.5, 0.6) is 5.75 Å². The molecule has 4 rings (SSSR count). The van der Waals surface area contributed by atoms with Crippen LogP contribution in [-0.4, -0.2) is 52.4 Å². The highest BCUT2D eigenvalue weighted by Crippen LogP contribution is 2.30. The lowest BCUT2D eigenvalue weighted by molar-refractivity contribution is -0.384. The SMILES string of the molecule is O=[N+]([O-])c1ccc(O[C@@H]2O[C@H](CO)[C@H](O)[C@H](OCc3ccccc3)[C@H]2OCc2ccccc2)cc1. The molecule has 0 bridgehead atoms. The highest BCUT2D eigenvalue weighted by Gasteiger charge is 2.48. The van der Waals surface area contributed by atoms with E-state index in [1.165, 1.54) is 24.3 Å². The molecule has 184 valence electrons. The Balaban J connectivity index is 1.57. The van der Waals surface area contributed by atoms with Crippen LogP contribution in [0.1, 0.15) is 11.1 Å². The molecule has 0 spiro atoms. The van der Waals surface area contributed by atoms with Crippen molar-refractivity contribution < 1.29 is 34.1 Å². The van der Waals surface area contributed by atoms with E-state index in [2.05, 4.69) is 0 Å². The molecule has 0 unspecified atom stereocenters. The quantitative estimate of drug-likeness (QED) is 0.335. The normalized spacial score (nSPS) is 24.1. The largest absolute Gasteiger partial charge is 0.462 e. The van der Waals surface area contributed by atoms with Crippen LogP contribution in [0, 0.1) is 10.1 Å². The predicted molar refractivity (Wildman–Crippen MR) is 126 cm³/mol. The molecule has 1 saturated heterocycles. The maximum Gasteiger partial charge on any atom is 0.269 e. The fraction of sp³-hybridized carbons (Fsp3) is 0.308. The van der Waals surface area contributed by atoms with Crippen molar-refractivity contribution in [1.29, 1.82) is 0 Å². The predicted octanol–water partition coefficient (Wildman–Crippen LogP) is 3.22. The Kier molecular flexibility index (Phi) is 8.40. The summed E-state index contributed by atoms with van der Waals surface area (Å²) in [6, 6.07) is 24.5. The summed E-state index contributed by atoms with van der Waals surface area (Å²) < 4.78 is 24.1. The molecule has 0 aliphatic carbocycles. The first-order valence-electron chi connectivity index (χ1n) is 11.2. The zero-order valence-corrected chi connectivity index (χ0v) is 18.9. The van der Waals surface area contributed by atoms with Crippen molar-refractivity contribution >= 4 is 5.69 Å². The molecule has 3 aromatic rings. The van der Waals surface area contributed by atoms with Crippen molar-refractivity contribution in [2.45, 2.75) is 43.9 Å². The van der Waals surface area contributed by atoms with Crippen LogP contribution >= 0.6 is 0 Å². The summed E-state index contributed by atoms with van der Waals surface area (Å²) in [6.45, 7) is -0.0508. The molecule has 0 amide bonds. The van der Waals surface area contributed by atoms with Crippen LogP contribution < -0.4 is 4.74 Å². The summed E-state index contributed by atoms with van der Waals surface area (Å²) >= 11 is 0. The minimum absolute atomic E-state index is 0.0773. The van der Waals surface area contributed by atoms with E-state index in [4.69, 9.17) is 18.9 Å². The number of hydrogen-bond donors (Lipinski definition) is 2. The monoisotopic (exact) mass is 481 g/mol. The lowest BCUT2D eigenvalue weighted by Gasteiger charge is -2.43. The molecule has 1 aliphatic heterocycles. The first-order valence-corrected chi connectivity index (χ1v) is 11.2. The van der Waals surface area contributed by atoms with E-state index in [-0.39, 0.29) is 18.9 Å². The molecule has 9 nitrogen and oxygen atoms in total. The topological polar surface area (TPSA) is 121 Å². The van der Waals surface area contributed by atoms with Crippen LogP contribution in [0.15, 0.2) is 84.9 Å². The number of non-ortho nitro benzene ring substituents is 1. The Labute approximate surface area is 202 Å². The Hall–Kier alpha value is -3.34. The molecule has 0 saturated carbocycles. The molecule has 0 radical (unpaired) electrons. The number of nitro groups is 1. The number of rotatable bonds is 10. The standard InChI is InChI=1S/C26H27NO8/c28-15-22-23(29)24(32-16-18-7-3-1-4-8-18)25(33-17-19-9-5-2-6-10-19)26(35-22)34-21-13-11-20(12-14-21)27(30)31/h1-14,22-26,28-29H,15-17H2/t22-,23+,24+,25-,26-/m1/s1. The average molecular weight is 482 g/mol. The Bertz CT molecular complexity index is 1060. The second-order valence-electron chi connectivity index (χ2n) is 8.11. The molecular formula is C26H27NO8. The van der Waals surface area contributed by atoms with Gasteiger partial charge < -0.3 is 29.2 Å². The third-order valence-electron chi connectivity index (χ3n) is 5.67. The maximum atomic E-state index is 11.0. The highest BCUT2D eigenvalue weighted by molar-refractivity contribution is 5.36. The Morgan fingerprint density at radius 3 is 1.89 bits per heavy atom. The maximum absolute atomic E-state index is 11.0. The second-order valence-corrected chi connectivity index (χ2v) is 8.11. The van der Waals surface area contributed by atoms with Gasteiger partial charge >= 0.3 is 0 Å². The Morgan fingerprint density at radius 2 is 1.37 bits per heavy atom. The lowest BCUT2D eigenvalue weighted by Crippen LogP contribution is -2.61. The van der Waals surface area contributed by atoms with Gasteiger partial charge in [0.1, 0.15) is 30.2 Å². The van der Waals surface area contributed by atoms with Gasteiger partial charge in [-0.1, -0.05) is 60.7 Å². The van der Waals surface area contributed by atoms with Crippen molar-refractivity contribution in [3.8, 4) is 5.75 Å². The van der Waals surface area contributed by atoms with Crippen LogP contribution in [0.2, 0.25) is 0 Å². The van der Waals surface area contributed by atoms with Gasteiger partial charge in [0, 0.05) is 12.1 Å². The van der Waals surface area contributed by atoms with E-state index in [0.717, 1.165) is 11.1 Å². The molecule has 2 N–H and O–H groups in total. The van der Waals surface area contributed by atoms with Gasteiger partial charge in [-0.3, -0.25) is 10.1 Å². The fourth-order valence-corrected chi connectivity index (χ4v) is 3.82. The van der Waals surface area contributed by atoms with E-state index >= 15 is 0 Å². The van der Waals surface area contributed by atoms with E-state index in [1.807, 2.05) is 60.7 Å². The molecule has 0 aromatic heterocycles. The van der Waals surface area contributed by atoms with Gasteiger partial charge in [-0.05, 0) is 23.3 Å². The van der Waals surface area contributed by atoms with Crippen LogP contribution in [0.3, 0.4) is 0 Å². The van der Waals surface area contributed by atoms with Crippen molar-refractivity contribution in [2.75, 3.05) is 6.61 Å². The molecule has 5 atom stereocenters. The van der Waals surface area contributed by atoms with E-state index in [0.29, 0.717) is 5.75 Å². The molecule has 1 heterocycles. The van der Waals surface area contributed by atoms with Gasteiger partial charge in [0.25, 0.3) is 5.69 Å². The molecular weight excluding hydrogens is 454 g/mol. The minimum atomic E-state index is -1.18. The number of benzene rings is 3. The van der Waals surface area contributed by atoms with Crippen molar-refractivity contribution in [3.63, 3.8) is 0 Å². The van der Waals surface area contributed by atoms with Gasteiger partial charge in [-0.15, -0.1) is 0 Å². The number of nitrogens with zero attached hydrogens (tertiary/aromatic N) is 1. The summed E-state index contributed by atoms with van der Waals surface area (Å²) in [5.41, 5.74) is 1.73. The van der Waals surface area contributed by atoms with Crippen LogP contribution in [0.4, 0.5) is 5.69 Å². The Morgan fingerprint density at radius 1 is 0.829 bits per heavy atom. The molecule has 1 aliphatic rings. The fourth-order valence-electron chi connectivity index (χ4n) is 3.82. The summed E-state index contributed by atoms with van der Waals surface area (Å²) in [5, 5.41) is 31.7. The summed E-state index contributed by atoms with van der Waals surface area (Å²) in [5.74, 6) is 0.309. The number of ether oxygens (including phenoxy) is 4. The summed E-state index contributed by atoms with van der Waals surface area (Å²) in [4.78, 5) is 10.5. The highest BCUT2D eigenvalue weighted by atomic mass is 16.7. The molecule has 9 heteroatoms. The van der Waals surface area contributed by atoms with Gasteiger partial charge in [0.2, 0.25) is 6.29 Å². The first kappa shape index (κ1) is 24.8. The van der Waals surface area contributed by atoms with Crippen LogP contribution in [0.25, 0.3) is 0 Å². The number of aliphatic hydroxyl groups is 2. The lowest BCUT2D eigenvalue weighted by atomic mass is 9.98. The minimum Gasteiger partial charge on any atom is -0.462 e. The summed E-state index contributed by atoms with van der Waals surface area (Å²) in [7, 11) is 0. The van der Waals surface area contributed by atoms with Crippen molar-refractivity contribution in [1.82, 2.24) is 0 Å². The van der Waals surface area contributed by atoms with Crippen molar-refractivity contribution in [3.05, 3.63) is 106 Å². The van der Waals surface area contributed by atoms with Gasteiger partial charge in [-0.2, -0.15) is 0 Å². The number of hydrogen-bond acceptors (Lipinski definition) is 8. The molecule has 35 heavy (non-hydrogen) atoms. The number of aliphatic hydroxyl groups excluding tert-OH is 2. The number of nitro benzene ring substituents is 1. The average Bonchev–Trinajstić information content (AvgIpc) is 2.89. The van der Waals surface area contributed by atoms with Crippen LogP contribution in [-0.2, 0) is 27.4 Å². The summed E-state index contributed by atoms with van der Waals surface area (Å²) in [6.07, 6.45) is -4.96. The first-order chi connectivity index (χ1) is 17.0. The zero-order chi connectivity index (χ0) is 24.6. The smallest absolute Gasteiger partial charge is 0.269 e. The van der Waals surface area contributed by atoms with E-state index in [1.54, 1.807) is 0 Å². The van der Waals surface area contributed by atoms with Gasteiger partial charge in [0.15, 0.2) is 0 Å². The second kappa shape index (κ2) is 11.9. The third kappa shape index (κ3) is 6.41. The molecule has 1 fully saturated rings. The van der Waals surface area contributed by atoms with Gasteiger partial charge in [0.05, 0.1) is 24.7 Å².